The standard InChI is InChI=1S/C18H16O8/c1-8(19)25-7-9-5-11(21)14-13(6-9)26-12-4-3-10(20)15(18(23)24-2)16(12)17(14)22/h3-6,10,15,20-21H,7H2,1-2H3/t10-,15+/m1/s1. The van der Waals surface area contributed by atoms with Crippen LogP contribution in [0, 0.1) is 0 Å². The minimum atomic E-state index is -1.25. The second-order valence-corrected chi connectivity index (χ2v) is 5.83. The number of carbonyl (C=O) groups is 2. The Hall–Kier alpha value is -3.13. The van der Waals surface area contributed by atoms with Crippen molar-refractivity contribution in [2.75, 3.05) is 7.11 Å². The maximum absolute atomic E-state index is 12.9. The van der Waals surface area contributed by atoms with Crippen LogP contribution in [-0.4, -0.2) is 35.4 Å². The zero-order valence-corrected chi connectivity index (χ0v) is 14.0. The number of hydrogen-bond donors (Lipinski definition) is 2. The van der Waals surface area contributed by atoms with E-state index in [0.29, 0.717) is 5.56 Å². The van der Waals surface area contributed by atoms with E-state index in [4.69, 9.17) is 9.15 Å². The van der Waals surface area contributed by atoms with Crippen LogP contribution in [0.25, 0.3) is 17.0 Å². The van der Waals surface area contributed by atoms with Gasteiger partial charge in [-0.05, 0) is 23.8 Å². The highest BCUT2D eigenvalue weighted by Gasteiger charge is 2.36. The van der Waals surface area contributed by atoms with Crippen molar-refractivity contribution in [3.05, 3.63) is 45.3 Å². The van der Waals surface area contributed by atoms with E-state index >= 15 is 0 Å². The van der Waals surface area contributed by atoms with Crippen LogP contribution in [0.4, 0.5) is 0 Å². The summed E-state index contributed by atoms with van der Waals surface area (Å²) in [6.07, 6.45) is 1.46. The van der Waals surface area contributed by atoms with Gasteiger partial charge in [0.25, 0.3) is 0 Å². The van der Waals surface area contributed by atoms with Gasteiger partial charge in [-0.3, -0.25) is 14.4 Å². The number of ether oxygens (including phenoxy) is 2. The molecule has 0 fully saturated rings. The van der Waals surface area contributed by atoms with Crippen molar-refractivity contribution in [1.82, 2.24) is 0 Å². The monoisotopic (exact) mass is 360 g/mol. The number of aliphatic hydroxyl groups excluding tert-OH is 1. The number of aliphatic hydroxyl groups is 1. The fourth-order valence-corrected chi connectivity index (χ4v) is 2.92. The number of carbonyl (C=O) groups excluding carboxylic acids is 2. The molecule has 8 nitrogen and oxygen atoms in total. The van der Waals surface area contributed by atoms with Crippen molar-refractivity contribution in [3.63, 3.8) is 0 Å². The molecule has 2 aromatic rings. The number of benzene rings is 1. The summed E-state index contributed by atoms with van der Waals surface area (Å²) in [5.41, 5.74) is -0.225. The summed E-state index contributed by atoms with van der Waals surface area (Å²) in [5, 5.41) is 20.2. The van der Waals surface area contributed by atoms with E-state index in [1.54, 1.807) is 0 Å². The number of methoxy groups -OCH3 is 1. The Kier molecular flexibility index (Phi) is 4.52. The highest BCUT2D eigenvalue weighted by atomic mass is 16.5. The average molecular weight is 360 g/mol. The molecular formula is C18H16O8. The van der Waals surface area contributed by atoms with Crippen LogP contribution >= 0.6 is 0 Å². The first-order valence-corrected chi connectivity index (χ1v) is 7.73. The third-order valence-corrected chi connectivity index (χ3v) is 4.09. The predicted octanol–water partition coefficient (Wildman–Crippen LogP) is 1.21. The summed E-state index contributed by atoms with van der Waals surface area (Å²) in [6.45, 7) is 1.15. The summed E-state index contributed by atoms with van der Waals surface area (Å²) >= 11 is 0. The van der Waals surface area contributed by atoms with E-state index in [0.717, 1.165) is 7.11 Å². The van der Waals surface area contributed by atoms with Crippen LogP contribution < -0.4 is 5.43 Å². The zero-order chi connectivity index (χ0) is 19.0. The topological polar surface area (TPSA) is 123 Å². The molecule has 1 aliphatic carbocycles. The molecule has 0 aliphatic heterocycles. The number of fused-ring (bicyclic) bond motifs is 2. The molecule has 0 saturated heterocycles. The van der Waals surface area contributed by atoms with E-state index in [1.165, 1.54) is 31.2 Å². The molecule has 0 spiro atoms. The van der Waals surface area contributed by atoms with Gasteiger partial charge in [0, 0.05) is 6.92 Å². The van der Waals surface area contributed by atoms with Crippen LogP contribution in [0.15, 0.2) is 27.4 Å². The molecule has 1 aromatic heterocycles. The molecule has 1 heterocycles. The molecule has 3 rings (SSSR count). The number of aromatic hydroxyl groups is 1. The molecule has 1 aliphatic rings. The minimum Gasteiger partial charge on any atom is -0.507 e. The summed E-state index contributed by atoms with van der Waals surface area (Å²) in [6, 6.07) is 2.74. The van der Waals surface area contributed by atoms with Crippen LogP contribution in [0.2, 0.25) is 0 Å². The van der Waals surface area contributed by atoms with Crippen molar-refractivity contribution in [2.45, 2.75) is 25.6 Å². The van der Waals surface area contributed by atoms with Gasteiger partial charge >= 0.3 is 11.9 Å². The van der Waals surface area contributed by atoms with Crippen molar-refractivity contribution in [2.24, 2.45) is 0 Å². The summed E-state index contributed by atoms with van der Waals surface area (Å²) < 4.78 is 15.2. The molecule has 8 heteroatoms. The Balaban J connectivity index is 2.21. The minimum absolute atomic E-state index is 0.0700. The third-order valence-electron chi connectivity index (χ3n) is 4.09. The molecule has 0 bridgehead atoms. The van der Waals surface area contributed by atoms with Gasteiger partial charge in [0.15, 0.2) is 0 Å². The highest BCUT2D eigenvalue weighted by molar-refractivity contribution is 5.89. The van der Waals surface area contributed by atoms with Crippen molar-refractivity contribution in [1.29, 1.82) is 0 Å². The zero-order valence-electron chi connectivity index (χ0n) is 14.0. The van der Waals surface area contributed by atoms with Crippen LogP contribution in [0.3, 0.4) is 0 Å². The first kappa shape index (κ1) is 17.7. The molecule has 26 heavy (non-hydrogen) atoms. The Morgan fingerprint density at radius 3 is 2.69 bits per heavy atom. The molecule has 0 saturated carbocycles. The van der Waals surface area contributed by atoms with E-state index in [2.05, 4.69) is 4.74 Å². The first-order chi connectivity index (χ1) is 12.3. The second-order valence-electron chi connectivity index (χ2n) is 5.83. The van der Waals surface area contributed by atoms with Gasteiger partial charge < -0.3 is 24.1 Å². The average Bonchev–Trinajstić information content (AvgIpc) is 2.59. The largest absolute Gasteiger partial charge is 0.507 e. The van der Waals surface area contributed by atoms with Crippen molar-refractivity contribution >= 4 is 29.0 Å². The lowest BCUT2D eigenvalue weighted by Crippen LogP contribution is -2.33. The molecule has 2 atom stereocenters. The van der Waals surface area contributed by atoms with Gasteiger partial charge in [0.2, 0.25) is 5.43 Å². The molecule has 2 N–H and O–H groups in total. The van der Waals surface area contributed by atoms with Crippen molar-refractivity contribution < 1.29 is 33.7 Å². The molecular weight excluding hydrogens is 344 g/mol. The summed E-state index contributed by atoms with van der Waals surface area (Å²) in [5.74, 6) is -2.82. The number of hydrogen-bond acceptors (Lipinski definition) is 8. The number of phenolic OH excluding ortho intramolecular Hbond substituents is 1. The maximum atomic E-state index is 12.9. The Morgan fingerprint density at radius 2 is 2.04 bits per heavy atom. The quantitative estimate of drug-likeness (QED) is 0.783. The van der Waals surface area contributed by atoms with Gasteiger partial charge in [-0.25, -0.2) is 0 Å². The first-order valence-electron chi connectivity index (χ1n) is 7.73. The van der Waals surface area contributed by atoms with Gasteiger partial charge in [-0.2, -0.15) is 0 Å². The van der Waals surface area contributed by atoms with E-state index in [-0.39, 0.29) is 34.6 Å². The molecule has 136 valence electrons. The van der Waals surface area contributed by atoms with E-state index in [1.807, 2.05) is 0 Å². The smallest absolute Gasteiger partial charge is 0.316 e. The van der Waals surface area contributed by atoms with Crippen LogP contribution in [-0.2, 0) is 25.7 Å². The van der Waals surface area contributed by atoms with Crippen molar-refractivity contribution in [3.8, 4) is 5.75 Å². The lowest BCUT2D eigenvalue weighted by molar-refractivity contribution is -0.144. The summed E-state index contributed by atoms with van der Waals surface area (Å²) in [4.78, 5) is 35.8. The lowest BCUT2D eigenvalue weighted by Gasteiger charge is -2.23. The normalized spacial score (nSPS) is 18.4. The highest BCUT2D eigenvalue weighted by Crippen LogP contribution is 2.34. The second kappa shape index (κ2) is 6.64. The fraction of sp³-hybridized carbons (Fsp3) is 0.278. The lowest BCUT2D eigenvalue weighted by atomic mass is 9.87. The Bertz CT molecular complexity index is 985. The van der Waals surface area contributed by atoms with Crippen LogP contribution in [0.1, 0.15) is 29.7 Å². The summed E-state index contributed by atoms with van der Waals surface area (Å²) in [7, 11) is 1.15. The Labute approximate surface area is 147 Å². The molecule has 1 aromatic carbocycles. The third kappa shape index (κ3) is 2.95. The fourth-order valence-electron chi connectivity index (χ4n) is 2.92. The van der Waals surface area contributed by atoms with Gasteiger partial charge in [0.1, 0.15) is 35.0 Å². The number of rotatable bonds is 3. The molecule has 0 amide bonds. The molecule has 0 unspecified atom stereocenters. The Morgan fingerprint density at radius 1 is 1.31 bits per heavy atom. The van der Waals surface area contributed by atoms with E-state index in [9.17, 15) is 24.6 Å². The molecule has 0 radical (unpaired) electrons. The number of esters is 2. The van der Waals surface area contributed by atoms with Gasteiger partial charge in [0.05, 0.1) is 18.8 Å². The van der Waals surface area contributed by atoms with Crippen LogP contribution in [0.5, 0.6) is 5.75 Å². The maximum Gasteiger partial charge on any atom is 0.316 e. The van der Waals surface area contributed by atoms with E-state index < -0.39 is 29.4 Å². The number of phenols is 1. The predicted molar refractivity (Wildman–Crippen MR) is 89.4 cm³/mol. The van der Waals surface area contributed by atoms with Gasteiger partial charge in [-0.1, -0.05) is 6.08 Å². The SMILES string of the molecule is COC(=O)[C@@H]1c2c(oc3cc(COC(C)=O)cc(O)c3c2=O)C=C[C@H]1O. The van der Waals surface area contributed by atoms with Gasteiger partial charge in [-0.15, -0.1) is 0 Å².